The number of rotatable bonds is 4. The Labute approximate surface area is 187 Å². The molecule has 1 fully saturated rings. The third kappa shape index (κ3) is 3.83. The zero-order valence-electron chi connectivity index (χ0n) is 17.8. The first-order chi connectivity index (χ1) is 15.6. The Hall–Kier alpha value is -3.34. The van der Waals surface area contributed by atoms with Crippen LogP contribution in [0.5, 0.6) is 11.5 Å². The first-order valence-corrected chi connectivity index (χ1v) is 11.1. The summed E-state index contributed by atoms with van der Waals surface area (Å²) < 4.78 is 21.6. The predicted octanol–water partition coefficient (Wildman–Crippen LogP) is 5.25. The lowest BCUT2D eigenvalue weighted by Gasteiger charge is -2.35. The number of piperidine rings is 1. The first-order valence-electron chi connectivity index (χ1n) is 11.1. The van der Waals surface area contributed by atoms with Gasteiger partial charge in [-0.15, -0.1) is 0 Å². The van der Waals surface area contributed by atoms with Crippen LogP contribution in [0.1, 0.15) is 41.4 Å². The van der Waals surface area contributed by atoms with E-state index in [1.165, 1.54) is 0 Å². The Bertz CT molecular complexity index is 1110. The SMILES string of the molecule is O=CC1CCN(c2ccc([C@@H]3c4ccc(O)cc4OC[C@@H]3c3ccccc3)c(F)c2)CC1. The second kappa shape index (κ2) is 8.65. The second-order valence-corrected chi connectivity index (χ2v) is 8.69. The molecule has 5 heteroatoms. The molecule has 0 amide bonds. The van der Waals surface area contributed by atoms with Gasteiger partial charge < -0.3 is 19.5 Å². The van der Waals surface area contributed by atoms with E-state index in [0.29, 0.717) is 17.9 Å². The highest BCUT2D eigenvalue weighted by atomic mass is 19.1. The van der Waals surface area contributed by atoms with E-state index in [4.69, 9.17) is 4.74 Å². The molecular weight excluding hydrogens is 405 g/mol. The molecule has 2 aliphatic heterocycles. The zero-order valence-corrected chi connectivity index (χ0v) is 17.8. The Balaban J connectivity index is 1.52. The van der Waals surface area contributed by atoms with Gasteiger partial charge in [0.05, 0.1) is 6.61 Å². The maximum Gasteiger partial charge on any atom is 0.129 e. The number of phenolic OH excluding ortho intramolecular Hbond substituents is 1. The Morgan fingerprint density at radius 2 is 1.72 bits per heavy atom. The fourth-order valence-corrected chi connectivity index (χ4v) is 5.03. The minimum Gasteiger partial charge on any atom is -0.508 e. The molecule has 32 heavy (non-hydrogen) atoms. The number of nitrogens with zero attached hydrogens (tertiary/aromatic N) is 1. The van der Waals surface area contributed by atoms with Gasteiger partial charge in [0, 0.05) is 48.2 Å². The number of carbonyl (C=O) groups is 1. The molecule has 0 radical (unpaired) electrons. The van der Waals surface area contributed by atoms with Gasteiger partial charge in [-0.25, -0.2) is 4.39 Å². The van der Waals surface area contributed by atoms with Crippen LogP contribution < -0.4 is 9.64 Å². The van der Waals surface area contributed by atoms with E-state index in [0.717, 1.165) is 49.0 Å². The van der Waals surface area contributed by atoms with Crippen LogP contribution in [0.25, 0.3) is 0 Å². The number of aldehydes is 1. The number of anilines is 1. The molecule has 164 valence electrons. The number of benzene rings is 3. The number of hydrogen-bond acceptors (Lipinski definition) is 4. The molecule has 2 aliphatic rings. The van der Waals surface area contributed by atoms with E-state index in [9.17, 15) is 9.90 Å². The van der Waals surface area contributed by atoms with Gasteiger partial charge in [0.1, 0.15) is 23.6 Å². The number of halogens is 1. The van der Waals surface area contributed by atoms with Crippen molar-refractivity contribution in [3.63, 3.8) is 0 Å². The highest BCUT2D eigenvalue weighted by Gasteiger charge is 2.35. The van der Waals surface area contributed by atoms with Crippen LogP contribution in [0, 0.1) is 11.7 Å². The van der Waals surface area contributed by atoms with Crippen LogP contribution in [0.3, 0.4) is 0 Å². The monoisotopic (exact) mass is 431 g/mol. The highest BCUT2D eigenvalue weighted by Crippen LogP contribution is 2.47. The van der Waals surface area contributed by atoms with Gasteiger partial charge in [0.15, 0.2) is 0 Å². The number of carbonyl (C=O) groups excluding carboxylic acids is 1. The molecule has 3 aromatic rings. The highest BCUT2D eigenvalue weighted by molar-refractivity contribution is 5.57. The Kier molecular flexibility index (Phi) is 5.56. The summed E-state index contributed by atoms with van der Waals surface area (Å²) in [6.07, 6.45) is 2.64. The quantitative estimate of drug-likeness (QED) is 0.573. The van der Waals surface area contributed by atoms with Crippen molar-refractivity contribution in [2.45, 2.75) is 24.7 Å². The van der Waals surface area contributed by atoms with Gasteiger partial charge in [0.2, 0.25) is 0 Å². The van der Waals surface area contributed by atoms with Crippen molar-refractivity contribution in [1.29, 1.82) is 0 Å². The molecule has 1 N–H and O–H groups in total. The van der Waals surface area contributed by atoms with Gasteiger partial charge in [-0.3, -0.25) is 0 Å². The second-order valence-electron chi connectivity index (χ2n) is 8.69. The van der Waals surface area contributed by atoms with Crippen molar-refractivity contribution in [3.8, 4) is 11.5 Å². The third-order valence-electron chi connectivity index (χ3n) is 6.80. The van der Waals surface area contributed by atoms with E-state index in [-0.39, 0.29) is 29.3 Å². The van der Waals surface area contributed by atoms with Crippen LogP contribution in [-0.2, 0) is 4.79 Å². The van der Waals surface area contributed by atoms with Crippen LogP contribution in [-0.4, -0.2) is 31.1 Å². The minimum atomic E-state index is -0.244. The van der Waals surface area contributed by atoms with Gasteiger partial charge >= 0.3 is 0 Å². The number of fused-ring (bicyclic) bond motifs is 1. The topological polar surface area (TPSA) is 49.8 Å². The zero-order chi connectivity index (χ0) is 22.1. The summed E-state index contributed by atoms with van der Waals surface area (Å²) in [4.78, 5) is 13.2. The third-order valence-corrected chi connectivity index (χ3v) is 6.80. The molecule has 0 aromatic heterocycles. The minimum absolute atomic E-state index is 0.0445. The van der Waals surface area contributed by atoms with Crippen molar-refractivity contribution in [1.82, 2.24) is 0 Å². The van der Waals surface area contributed by atoms with Gasteiger partial charge in [-0.1, -0.05) is 42.5 Å². The van der Waals surface area contributed by atoms with E-state index in [1.807, 2.05) is 36.4 Å². The lowest BCUT2D eigenvalue weighted by atomic mass is 9.75. The van der Waals surface area contributed by atoms with Crippen molar-refractivity contribution in [2.75, 3.05) is 24.6 Å². The molecular formula is C27H26FNO3. The number of hydrogen-bond donors (Lipinski definition) is 1. The predicted molar refractivity (Wildman–Crippen MR) is 122 cm³/mol. The fraction of sp³-hybridized carbons (Fsp3) is 0.296. The largest absolute Gasteiger partial charge is 0.508 e. The molecule has 0 bridgehead atoms. The van der Waals surface area contributed by atoms with E-state index in [1.54, 1.807) is 18.2 Å². The lowest BCUT2D eigenvalue weighted by Crippen LogP contribution is -2.34. The van der Waals surface area contributed by atoms with Gasteiger partial charge in [-0.05, 0) is 42.2 Å². The number of ether oxygens (including phenoxy) is 1. The van der Waals surface area contributed by atoms with Crippen LogP contribution in [0.4, 0.5) is 10.1 Å². The standard InChI is InChI=1S/C27H26FNO3/c28-25-14-20(29-12-10-18(16-30)11-13-29)6-8-22(25)27-23-9-7-21(31)15-26(23)32-17-24(27)19-4-2-1-3-5-19/h1-9,14-16,18,24,27,31H,10-13,17H2/t24-,27-/m1/s1. The summed E-state index contributed by atoms with van der Waals surface area (Å²) in [7, 11) is 0. The molecule has 0 unspecified atom stereocenters. The van der Waals surface area contributed by atoms with E-state index < -0.39 is 0 Å². The average molecular weight is 432 g/mol. The lowest BCUT2D eigenvalue weighted by molar-refractivity contribution is -0.111. The number of aromatic hydroxyl groups is 1. The summed E-state index contributed by atoms with van der Waals surface area (Å²) >= 11 is 0. The molecule has 0 aliphatic carbocycles. The van der Waals surface area contributed by atoms with Crippen molar-refractivity contribution < 1.29 is 19.0 Å². The van der Waals surface area contributed by atoms with E-state index >= 15 is 4.39 Å². The molecule has 5 rings (SSSR count). The van der Waals surface area contributed by atoms with Crippen molar-refractivity contribution >= 4 is 12.0 Å². The summed E-state index contributed by atoms with van der Waals surface area (Å²) in [5.74, 6) is 0.328. The van der Waals surface area contributed by atoms with Crippen LogP contribution in [0.2, 0.25) is 0 Å². The Morgan fingerprint density at radius 3 is 2.44 bits per heavy atom. The molecule has 0 spiro atoms. The average Bonchev–Trinajstić information content (AvgIpc) is 2.84. The van der Waals surface area contributed by atoms with Crippen molar-refractivity contribution in [2.24, 2.45) is 5.92 Å². The molecule has 0 saturated carbocycles. The molecule has 2 atom stereocenters. The van der Waals surface area contributed by atoms with Crippen LogP contribution in [0.15, 0.2) is 66.7 Å². The fourth-order valence-electron chi connectivity index (χ4n) is 5.03. The summed E-state index contributed by atoms with van der Waals surface area (Å²) in [5.41, 5.74) is 3.45. The summed E-state index contributed by atoms with van der Waals surface area (Å²) in [5, 5.41) is 9.92. The maximum absolute atomic E-state index is 15.6. The number of phenols is 1. The summed E-state index contributed by atoms with van der Waals surface area (Å²) in [6, 6.07) is 20.6. The normalized spacial score (nSPS) is 21.0. The molecule has 1 saturated heterocycles. The summed E-state index contributed by atoms with van der Waals surface area (Å²) in [6.45, 7) is 1.92. The van der Waals surface area contributed by atoms with E-state index in [2.05, 4.69) is 17.0 Å². The van der Waals surface area contributed by atoms with Crippen molar-refractivity contribution in [3.05, 3.63) is 89.2 Å². The maximum atomic E-state index is 15.6. The van der Waals surface area contributed by atoms with Gasteiger partial charge in [0.25, 0.3) is 0 Å². The Morgan fingerprint density at radius 1 is 0.969 bits per heavy atom. The smallest absolute Gasteiger partial charge is 0.129 e. The molecule has 2 heterocycles. The molecule has 3 aromatic carbocycles. The first kappa shape index (κ1) is 20.6. The molecule has 4 nitrogen and oxygen atoms in total. The van der Waals surface area contributed by atoms with Crippen LogP contribution >= 0.6 is 0 Å². The van der Waals surface area contributed by atoms with Gasteiger partial charge in [-0.2, -0.15) is 0 Å².